The lowest BCUT2D eigenvalue weighted by atomic mass is 10.1. The molecular formula is C27H41N4O2+. The van der Waals surface area contributed by atoms with Crippen molar-refractivity contribution in [3.63, 3.8) is 0 Å². The van der Waals surface area contributed by atoms with E-state index in [2.05, 4.69) is 46.4 Å². The second kappa shape index (κ2) is 14.7. The first-order valence-corrected chi connectivity index (χ1v) is 12.7. The normalized spacial score (nSPS) is 14.9. The Bertz CT molecular complexity index is 815. The van der Waals surface area contributed by atoms with Crippen molar-refractivity contribution in [2.24, 2.45) is 0 Å². The third-order valence-corrected chi connectivity index (χ3v) is 6.28. The number of pyridine rings is 1. The summed E-state index contributed by atoms with van der Waals surface area (Å²) in [5, 5.41) is 3.03. The predicted octanol–water partition coefficient (Wildman–Crippen LogP) is 4.66. The molecule has 3 rings (SSSR count). The molecule has 2 N–H and O–H groups in total. The number of anilines is 1. The number of carbonyl (C=O) groups is 1. The molecule has 0 spiro atoms. The number of unbranched alkanes of at least 4 members (excludes halogenated alkanes) is 9. The Hall–Kier alpha value is -2.44. The molecule has 1 aromatic heterocycles. The fraction of sp³-hybridized carbons (Fsp3) is 0.556. The Morgan fingerprint density at radius 3 is 2.45 bits per heavy atom. The molecule has 6 nitrogen and oxygen atoms in total. The summed E-state index contributed by atoms with van der Waals surface area (Å²) in [4.78, 5) is 19.9. The largest absolute Gasteiger partial charge is 0.361 e. The van der Waals surface area contributed by atoms with Crippen LogP contribution in [0.5, 0.6) is 0 Å². The van der Waals surface area contributed by atoms with Crippen molar-refractivity contribution >= 4 is 17.3 Å². The lowest BCUT2D eigenvalue weighted by Crippen LogP contribution is -3.08. The van der Waals surface area contributed by atoms with Gasteiger partial charge in [-0.05, 0) is 24.6 Å². The molecule has 1 aliphatic rings. The van der Waals surface area contributed by atoms with Crippen LogP contribution in [-0.4, -0.2) is 37.6 Å². The SMILES string of the molecule is CCCCCCCCCCCCOCN1C[NH+](CNC(=O)c2cccnc2)c2ccccc21. The van der Waals surface area contributed by atoms with Gasteiger partial charge in [-0.25, -0.2) is 0 Å². The number of nitrogens with zero attached hydrogens (tertiary/aromatic N) is 2. The number of amides is 1. The first-order valence-electron chi connectivity index (χ1n) is 12.7. The van der Waals surface area contributed by atoms with Crippen molar-refractivity contribution in [3.8, 4) is 0 Å². The average Bonchev–Trinajstić information content (AvgIpc) is 3.21. The Morgan fingerprint density at radius 1 is 1.00 bits per heavy atom. The molecule has 2 heterocycles. The van der Waals surface area contributed by atoms with Crippen LogP contribution in [0.3, 0.4) is 0 Å². The zero-order valence-electron chi connectivity index (χ0n) is 20.2. The topological polar surface area (TPSA) is 58.9 Å². The number of benzene rings is 1. The maximum absolute atomic E-state index is 12.4. The van der Waals surface area contributed by atoms with Gasteiger partial charge in [0.2, 0.25) is 0 Å². The summed E-state index contributed by atoms with van der Waals surface area (Å²) in [5.41, 5.74) is 2.97. The van der Waals surface area contributed by atoms with E-state index in [0.717, 1.165) is 19.7 Å². The molecule has 1 aromatic carbocycles. The third-order valence-electron chi connectivity index (χ3n) is 6.28. The first-order chi connectivity index (χ1) is 16.3. The summed E-state index contributed by atoms with van der Waals surface area (Å²) < 4.78 is 6.01. The number of rotatable bonds is 16. The molecule has 6 heteroatoms. The first kappa shape index (κ1) is 25.2. The van der Waals surface area contributed by atoms with Crippen molar-refractivity contribution in [1.82, 2.24) is 10.3 Å². The van der Waals surface area contributed by atoms with E-state index in [4.69, 9.17) is 4.74 Å². The van der Waals surface area contributed by atoms with Crippen LogP contribution >= 0.6 is 0 Å². The number of fused-ring (bicyclic) bond motifs is 1. The average molecular weight is 454 g/mol. The molecule has 0 saturated heterocycles. The van der Waals surface area contributed by atoms with Gasteiger partial charge >= 0.3 is 0 Å². The molecular weight excluding hydrogens is 412 g/mol. The summed E-state index contributed by atoms with van der Waals surface area (Å²) in [5.74, 6) is -0.0938. The zero-order chi connectivity index (χ0) is 23.1. The van der Waals surface area contributed by atoms with Crippen LogP contribution in [0.2, 0.25) is 0 Å². The highest BCUT2D eigenvalue weighted by Gasteiger charge is 2.30. The number of ether oxygens (including phenoxy) is 1. The lowest BCUT2D eigenvalue weighted by molar-refractivity contribution is -0.828. The number of quaternary nitrogens is 1. The van der Waals surface area contributed by atoms with Crippen LogP contribution in [-0.2, 0) is 4.74 Å². The van der Waals surface area contributed by atoms with Gasteiger partial charge in [0.1, 0.15) is 12.4 Å². The number of nitrogens with one attached hydrogen (secondary N) is 2. The van der Waals surface area contributed by atoms with E-state index < -0.39 is 0 Å². The highest BCUT2D eigenvalue weighted by molar-refractivity contribution is 5.93. The van der Waals surface area contributed by atoms with Crippen molar-refractivity contribution in [3.05, 3.63) is 54.4 Å². The number of aromatic nitrogens is 1. The summed E-state index contributed by atoms with van der Waals surface area (Å²) >= 11 is 0. The van der Waals surface area contributed by atoms with Gasteiger partial charge in [0.25, 0.3) is 5.91 Å². The zero-order valence-corrected chi connectivity index (χ0v) is 20.2. The minimum atomic E-state index is -0.0938. The van der Waals surface area contributed by atoms with Gasteiger partial charge in [0.05, 0.1) is 5.56 Å². The maximum atomic E-state index is 12.4. The highest BCUT2D eigenvalue weighted by atomic mass is 16.5. The molecule has 0 bridgehead atoms. The van der Waals surface area contributed by atoms with Gasteiger partial charge in [0.15, 0.2) is 19.0 Å². The molecule has 1 aliphatic heterocycles. The Labute approximate surface area is 199 Å². The van der Waals surface area contributed by atoms with Gasteiger partial charge in [-0.2, -0.15) is 0 Å². The Kier molecular flexibility index (Phi) is 11.2. The van der Waals surface area contributed by atoms with E-state index in [-0.39, 0.29) is 5.91 Å². The summed E-state index contributed by atoms with van der Waals surface area (Å²) in [6.07, 6.45) is 16.6. The molecule has 1 atom stereocenters. The number of hydrogen-bond donors (Lipinski definition) is 2. The number of para-hydroxylation sites is 2. The van der Waals surface area contributed by atoms with E-state index in [1.54, 1.807) is 24.5 Å². The molecule has 2 aromatic rings. The molecule has 1 unspecified atom stereocenters. The highest BCUT2D eigenvalue weighted by Crippen LogP contribution is 2.25. The summed E-state index contributed by atoms with van der Waals surface area (Å²) in [7, 11) is 0. The molecule has 1 amide bonds. The lowest BCUT2D eigenvalue weighted by Gasteiger charge is -2.18. The second-order valence-corrected chi connectivity index (χ2v) is 8.96. The van der Waals surface area contributed by atoms with E-state index in [9.17, 15) is 4.79 Å². The minimum absolute atomic E-state index is 0.0938. The molecule has 0 aliphatic carbocycles. The van der Waals surface area contributed by atoms with Gasteiger partial charge in [-0.3, -0.25) is 19.6 Å². The van der Waals surface area contributed by atoms with Crippen LogP contribution in [0, 0.1) is 0 Å². The van der Waals surface area contributed by atoms with E-state index in [1.165, 1.54) is 74.1 Å². The van der Waals surface area contributed by atoms with Crippen LogP contribution in [0.1, 0.15) is 81.5 Å². The van der Waals surface area contributed by atoms with Gasteiger partial charge in [0, 0.05) is 25.1 Å². The van der Waals surface area contributed by atoms with Crippen molar-refractivity contribution in [2.45, 2.75) is 71.1 Å². The van der Waals surface area contributed by atoms with Gasteiger partial charge in [-0.1, -0.05) is 76.8 Å². The number of carbonyl (C=O) groups excluding carboxylic acids is 1. The maximum Gasteiger partial charge on any atom is 0.257 e. The van der Waals surface area contributed by atoms with Crippen molar-refractivity contribution < 1.29 is 14.4 Å². The molecule has 0 saturated carbocycles. The van der Waals surface area contributed by atoms with E-state index in [0.29, 0.717) is 19.0 Å². The monoisotopic (exact) mass is 453 g/mol. The van der Waals surface area contributed by atoms with Crippen molar-refractivity contribution in [2.75, 3.05) is 31.6 Å². The predicted molar refractivity (Wildman–Crippen MR) is 134 cm³/mol. The molecule has 0 radical (unpaired) electrons. The summed E-state index contributed by atoms with van der Waals surface area (Å²) in [6.45, 7) is 4.98. The third kappa shape index (κ3) is 8.45. The van der Waals surface area contributed by atoms with Crippen LogP contribution in [0.25, 0.3) is 0 Å². The fourth-order valence-electron chi connectivity index (χ4n) is 4.37. The number of hydrogen-bond acceptors (Lipinski definition) is 4. The van der Waals surface area contributed by atoms with E-state index in [1.807, 2.05) is 0 Å². The van der Waals surface area contributed by atoms with E-state index >= 15 is 0 Å². The molecule has 0 fully saturated rings. The van der Waals surface area contributed by atoms with Crippen LogP contribution in [0.4, 0.5) is 11.4 Å². The second-order valence-electron chi connectivity index (χ2n) is 8.96. The Balaban J connectivity index is 1.31. The summed E-state index contributed by atoms with van der Waals surface area (Å²) in [6, 6.07) is 11.9. The van der Waals surface area contributed by atoms with Gasteiger partial charge < -0.3 is 10.1 Å². The smallest absolute Gasteiger partial charge is 0.257 e. The Morgan fingerprint density at radius 2 is 1.73 bits per heavy atom. The molecule has 180 valence electrons. The van der Waals surface area contributed by atoms with Crippen molar-refractivity contribution in [1.29, 1.82) is 0 Å². The van der Waals surface area contributed by atoms with Crippen LogP contribution in [0.15, 0.2) is 48.8 Å². The van der Waals surface area contributed by atoms with Crippen LogP contribution < -0.4 is 15.1 Å². The standard InChI is InChI=1S/C27H40N4O2/c1-2-3-4-5-6-7-8-9-10-13-19-33-23-31-22-30(25-16-11-12-17-26(25)31)21-29-27(32)24-15-14-18-28-20-24/h11-12,14-18,20H,2-10,13,19,21-23H2,1H3,(H,29,32)/p+1. The van der Waals surface area contributed by atoms with Gasteiger partial charge in [-0.15, -0.1) is 0 Å². The quantitative estimate of drug-likeness (QED) is 0.363. The molecule has 33 heavy (non-hydrogen) atoms. The fourth-order valence-corrected chi connectivity index (χ4v) is 4.37. The minimum Gasteiger partial charge on any atom is -0.361 e.